The molecule has 19 heavy (non-hydrogen) atoms. The number of carboxylic acid groups (broad SMARTS) is 1. The van der Waals surface area contributed by atoms with Crippen molar-refractivity contribution < 1.29 is 19.4 Å². The minimum atomic E-state index is -0.959. The normalized spacial score (nSPS) is 20.1. The first-order valence-electron chi connectivity index (χ1n) is 6.19. The molecule has 6 nitrogen and oxygen atoms in total. The van der Waals surface area contributed by atoms with E-state index in [4.69, 9.17) is 9.84 Å². The van der Waals surface area contributed by atoms with E-state index in [2.05, 4.69) is 4.98 Å². The molecule has 0 unspecified atom stereocenters. The van der Waals surface area contributed by atoms with Gasteiger partial charge < -0.3 is 14.7 Å². The second kappa shape index (κ2) is 5.69. The predicted molar refractivity (Wildman–Crippen MR) is 66.7 cm³/mol. The summed E-state index contributed by atoms with van der Waals surface area (Å²) in [6.07, 6.45) is 3.62. The van der Waals surface area contributed by atoms with Crippen molar-refractivity contribution >= 4 is 11.9 Å². The van der Waals surface area contributed by atoms with Crippen LogP contribution < -0.4 is 4.74 Å². The number of hydrogen-bond acceptors (Lipinski definition) is 4. The van der Waals surface area contributed by atoms with Gasteiger partial charge >= 0.3 is 5.97 Å². The first-order chi connectivity index (χ1) is 9.09. The van der Waals surface area contributed by atoms with Gasteiger partial charge in [-0.1, -0.05) is 0 Å². The lowest BCUT2D eigenvalue weighted by Crippen LogP contribution is -2.46. The van der Waals surface area contributed by atoms with Crippen LogP contribution in [0.25, 0.3) is 0 Å². The van der Waals surface area contributed by atoms with E-state index in [0.717, 1.165) is 0 Å². The van der Waals surface area contributed by atoms with Crippen molar-refractivity contribution in [3.8, 4) is 5.75 Å². The van der Waals surface area contributed by atoms with Gasteiger partial charge in [0, 0.05) is 12.7 Å². The minimum Gasteiger partial charge on any atom is -0.480 e. The van der Waals surface area contributed by atoms with E-state index < -0.39 is 18.1 Å². The molecule has 1 aliphatic rings. The molecule has 102 valence electrons. The zero-order chi connectivity index (χ0) is 13.8. The number of pyridine rings is 1. The summed E-state index contributed by atoms with van der Waals surface area (Å²) >= 11 is 0. The molecule has 6 heteroatoms. The van der Waals surface area contributed by atoms with E-state index in [-0.39, 0.29) is 5.91 Å². The molecule has 0 saturated carbocycles. The van der Waals surface area contributed by atoms with Crippen LogP contribution in [0.3, 0.4) is 0 Å². The lowest BCUT2D eigenvalue weighted by Gasteiger charge is -2.25. The van der Waals surface area contributed by atoms with E-state index in [1.807, 2.05) is 0 Å². The molecule has 0 spiro atoms. The van der Waals surface area contributed by atoms with E-state index in [9.17, 15) is 9.59 Å². The van der Waals surface area contributed by atoms with Crippen LogP contribution >= 0.6 is 0 Å². The highest BCUT2D eigenvalue weighted by molar-refractivity contribution is 5.86. The first-order valence-corrected chi connectivity index (χ1v) is 6.19. The molecule has 0 aromatic carbocycles. The maximum Gasteiger partial charge on any atom is 0.326 e. The number of rotatable bonds is 4. The maximum absolute atomic E-state index is 12.2. The number of ether oxygens (including phenoxy) is 1. The summed E-state index contributed by atoms with van der Waals surface area (Å²) in [5.41, 5.74) is 0. The van der Waals surface area contributed by atoms with Crippen molar-refractivity contribution in [1.82, 2.24) is 9.88 Å². The molecule has 1 aromatic rings. The van der Waals surface area contributed by atoms with Gasteiger partial charge in [0.25, 0.3) is 5.91 Å². The fourth-order valence-corrected chi connectivity index (χ4v) is 2.19. The Morgan fingerprint density at radius 1 is 1.58 bits per heavy atom. The maximum atomic E-state index is 12.2. The Morgan fingerprint density at radius 2 is 2.37 bits per heavy atom. The quantitative estimate of drug-likeness (QED) is 0.874. The summed E-state index contributed by atoms with van der Waals surface area (Å²) in [7, 11) is 0. The number of nitrogens with zero attached hydrogens (tertiary/aromatic N) is 2. The van der Waals surface area contributed by atoms with Crippen molar-refractivity contribution in [2.24, 2.45) is 0 Å². The van der Waals surface area contributed by atoms with Crippen LogP contribution in [0.4, 0.5) is 0 Å². The Bertz CT molecular complexity index is 463. The molecule has 1 N–H and O–H groups in total. The Morgan fingerprint density at radius 3 is 3.00 bits per heavy atom. The van der Waals surface area contributed by atoms with Crippen LogP contribution in [-0.2, 0) is 9.59 Å². The third-order valence-corrected chi connectivity index (χ3v) is 3.12. The average molecular weight is 264 g/mol. The van der Waals surface area contributed by atoms with E-state index >= 15 is 0 Å². The minimum absolute atomic E-state index is 0.297. The van der Waals surface area contributed by atoms with Gasteiger partial charge in [-0.3, -0.25) is 9.78 Å². The third kappa shape index (κ3) is 3.01. The molecule has 1 saturated heterocycles. The van der Waals surface area contributed by atoms with Crippen molar-refractivity contribution in [2.45, 2.75) is 31.9 Å². The largest absolute Gasteiger partial charge is 0.480 e. The Hall–Kier alpha value is -2.11. The highest BCUT2D eigenvalue weighted by Gasteiger charge is 2.36. The van der Waals surface area contributed by atoms with Crippen LogP contribution in [-0.4, -0.2) is 45.6 Å². The number of carbonyl (C=O) groups is 2. The van der Waals surface area contributed by atoms with Gasteiger partial charge in [0.15, 0.2) is 6.10 Å². The summed E-state index contributed by atoms with van der Waals surface area (Å²) in [5, 5.41) is 9.06. The van der Waals surface area contributed by atoms with Gasteiger partial charge in [0.2, 0.25) is 0 Å². The van der Waals surface area contributed by atoms with Crippen LogP contribution in [0, 0.1) is 0 Å². The zero-order valence-corrected chi connectivity index (χ0v) is 10.7. The van der Waals surface area contributed by atoms with Gasteiger partial charge in [-0.05, 0) is 31.9 Å². The average Bonchev–Trinajstić information content (AvgIpc) is 2.88. The summed E-state index contributed by atoms with van der Waals surface area (Å²) in [6.45, 7) is 2.09. The molecule has 1 aromatic heterocycles. The second-order valence-electron chi connectivity index (χ2n) is 4.48. The standard InChI is InChI=1S/C13H16N2O4/c1-9(19-10-4-2-6-14-8-10)12(16)15-7-3-5-11(15)13(17)18/h2,4,6,8-9,11H,3,5,7H2,1H3,(H,17,18)/t9-,11-/m1/s1. The molecular weight excluding hydrogens is 248 g/mol. The molecule has 1 fully saturated rings. The summed E-state index contributed by atoms with van der Waals surface area (Å²) in [4.78, 5) is 28.5. The number of amides is 1. The second-order valence-corrected chi connectivity index (χ2v) is 4.48. The number of likely N-dealkylation sites (tertiary alicyclic amines) is 1. The number of carboxylic acids is 1. The molecule has 0 aliphatic carbocycles. The van der Waals surface area contributed by atoms with E-state index in [1.54, 1.807) is 25.3 Å². The highest BCUT2D eigenvalue weighted by atomic mass is 16.5. The van der Waals surface area contributed by atoms with Crippen molar-refractivity contribution in [2.75, 3.05) is 6.54 Å². The topological polar surface area (TPSA) is 79.7 Å². The Labute approximate surface area is 111 Å². The van der Waals surface area contributed by atoms with Gasteiger partial charge in [-0.25, -0.2) is 4.79 Å². The Kier molecular flexibility index (Phi) is 3.99. The van der Waals surface area contributed by atoms with Gasteiger partial charge in [0.05, 0.1) is 6.20 Å². The lowest BCUT2D eigenvalue weighted by molar-refractivity contribution is -0.150. The number of carbonyl (C=O) groups excluding carboxylic acids is 1. The molecule has 0 radical (unpaired) electrons. The highest BCUT2D eigenvalue weighted by Crippen LogP contribution is 2.20. The van der Waals surface area contributed by atoms with Crippen LogP contribution in [0.15, 0.2) is 24.5 Å². The third-order valence-electron chi connectivity index (χ3n) is 3.12. The van der Waals surface area contributed by atoms with Crippen molar-refractivity contribution in [3.63, 3.8) is 0 Å². The summed E-state index contributed by atoms with van der Waals surface area (Å²) < 4.78 is 5.47. The van der Waals surface area contributed by atoms with Gasteiger partial charge in [0.1, 0.15) is 11.8 Å². The first kappa shape index (κ1) is 13.3. The monoisotopic (exact) mass is 264 g/mol. The van der Waals surface area contributed by atoms with Crippen LogP contribution in [0.5, 0.6) is 5.75 Å². The fourth-order valence-electron chi connectivity index (χ4n) is 2.19. The zero-order valence-electron chi connectivity index (χ0n) is 10.7. The summed E-state index contributed by atoms with van der Waals surface area (Å²) in [6, 6.07) is 2.69. The smallest absolute Gasteiger partial charge is 0.326 e. The molecule has 2 rings (SSSR count). The van der Waals surface area contributed by atoms with Crippen molar-refractivity contribution in [3.05, 3.63) is 24.5 Å². The number of aromatic nitrogens is 1. The molecular formula is C13H16N2O4. The molecule has 0 bridgehead atoms. The molecule has 2 atom stereocenters. The van der Waals surface area contributed by atoms with E-state index in [0.29, 0.717) is 25.1 Å². The number of aliphatic carboxylic acids is 1. The lowest BCUT2D eigenvalue weighted by atomic mass is 10.2. The SMILES string of the molecule is C[C@@H](Oc1cccnc1)C(=O)N1CCC[C@@H]1C(=O)O. The molecule has 1 aliphatic heterocycles. The van der Waals surface area contributed by atoms with Gasteiger partial charge in [-0.15, -0.1) is 0 Å². The summed E-state index contributed by atoms with van der Waals surface area (Å²) in [5.74, 6) is -0.761. The number of hydrogen-bond donors (Lipinski definition) is 1. The fraction of sp³-hybridized carbons (Fsp3) is 0.462. The molecule has 1 amide bonds. The van der Waals surface area contributed by atoms with Gasteiger partial charge in [-0.2, -0.15) is 0 Å². The van der Waals surface area contributed by atoms with Crippen LogP contribution in [0.2, 0.25) is 0 Å². The van der Waals surface area contributed by atoms with E-state index in [1.165, 1.54) is 11.1 Å². The molecule has 2 heterocycles. The van der Waals surface area contributed by atoms with Crippen LogP contribution in [0.1, 0.15) is 19.8 Å². The Balaban J connectivity index is 2.01. The predicted octanol–water partition coefficient (Wildman–Crippen LogP) is 0.924. The van der Waals surface area contributed by atoms with Crippen molar-refractivity contribution in [1.29, 1.82) is 0 Å².